The summed E-state index contributed by atoms with van der Waals surface area (Å²) in [6.07, 6.45) is 0. The second-order valence-corrected chi connectivity index (χ2v) is 4.60. The summed E-state index contributed by atoms with van der Waals surface area (Å²) in [5, 5.41) is 17.5. The number of amides is 1. The van der Waals surface area contributed by atoms with E-state index in [0.717, 1.165) is 11.8 Å². The zero-order chi connectivity index (χ0) is 13.8. The standard InChI is InChI=1S/C11H10FN3O3S/c1-15-10(11(17)18-14-15)19-6-9(16)13-8-4-2-7(12)3-5-8/h2-5H,6H2,1H3,(H-,13,14,16,17). The molecule has 0 atom stereocenters. The van der Waals surface area contributed by atoms with Crippen molar-refractivity contribution in [3.63, 3.8) is 0 Å². The Morgan fingerprint density at radius 3 is 2.79 bits per heavy atom. The average molecular weight is 283 g/mol. The molecular weight excluding hydrogens is 273 g/mol. The fourth-order valence-corrected chi connectivity index (χ4v) is 2.04. The van der Waals surface area contributed by atoms with Gasteiger partial charge in [0.15, 0.2) is 13.0 Å². The molecule has 0 saturated carbocycles. The van der Waals surface area contributed by atoms with Crippen LogP contribution < -0.4 is 15.1 Å². The van der Waals surface area contributed by atoms with Gasteiger partial charge in [-0.25, -0.2) is 4.39 Å². The first-order chi connectivity index (χ1) is 9.06. The molecule has 0 radical (unpaired) electrons. The molecule has 1 amide bonds. The summed E-state index contributed by atoms with van der Waals surface area (Å²) in [7, 11) is 1.55. The van der Waals surface area contributed by atoms with Crippen molar-refractivity contribution >= 4 is 23.4 Å². The topological polar surface area (TPSA) is 82.1 Å². The molecule has 1 N–H and O–H groups in total. The van der Waals surface area contributed by atoms with E-state index in [0.29, 0.717) is 5.69 Å². The highest BCUT2D eigenvalue weighted by molar-refractivity contribution is 7.99. The second kappa shape index (κ2) is 5.70. The molecule has 1 heterocycles. The largest absolute Gasteiger partial charge is 0.538 e. The molecule has 6 nitrogen and oxygen atoms in total. The number of carbonyl (C=O) groups is 1. The van der Waals surface area contributed by atoms with Crippen LogP contribution in [-0.2, 0) is 11.8 Å². The molecule has 0 aliphatic heterocycles. The van der Waals surface area contributed by atoms with Gasteiger partial charge in [-0.3, -0.25) is 4.79 Å². The number of carbonyl (C=O) groups excluding carboxylic acids is 1. The maximum atomic E-state index is 12.7. The van der Waals surface area contributed by atoms with Gasteiger partial charge in [0.1, 0.15) is 5.82 Å². The van der Waals surface area contributed by atoms with Crippen LogP contribution in [0.5, 0.6) is 5.95 Å². The quantitative estimate of drug-likeness (QED) is 0.650. The number of thioether (sulfide) groups is 1. The van der Waals surface area contributed by atoms with Gasteiger partial charge in [-0.15, -0.1) is 0 Å². The molecule has 8 heteroatoms. The monoisotopic (exact) mass is 283 g/mol. The maximum Gasteiger partial charge on any atom is 0.291 e. The van der Waals surface area contributed by atoms with Crippen LogP contribution in [0.1, 0.15) is 0 Å². The number of hydrogen-bond acceptors (Lipinski definition) is 5. The zero-order valence-corrected chi connectivity index (χ0v) is 10.7. The van der Waals surface area contributed by atoms with Crippen LogP contribution in [-0.4, -0.2) is 16.9 Å². The highest BCUT2D eigenvalue weighted by atomic mass is 32.2. The summed E-state index contributed by atoms with van der Waals surface area (Å²) in [5.74, 6) is -1.24. The molecule has 0 fully saturated rings. The van der Waals surface area contributed by atoms with Crippen LogP contribution in [0, 0.1) is 5.82 Å². The number of anilines is 1. The molecule has 1 aromatic carbocycles. The molecule has 2 aromatic rings. The first-order valence-corrected chi connectivity index (χ1v) is 6.26. The Bertz CT molecular complexity index is 566. The zero-order valence-electron chi connectivity index (χ0n) is 9.92. The number of nitrogens with zero attached hydrogens (tertiary/aromatic N) is 2. The van der Waals surface area contributed by atoms with Crippen molar-refractivity contribution in [3.05, 3.63) is 30.1 Å². The van der Waals surface area contributed by atoms with E-state index in [1.54, 1.807) is 7.05 Å². The smallest absolute Gasteiger partial charge is 0.291 e. The van der Waals surface area contributed by atoms with Gasteiger partial charge in [-0.2, -0.15) is 0 Å². The lowest BCUT2D eigenvalue weighted by molar-refractivity contribution is -0.772. The minimum absolute atomic E-state index is 0.0294. The van der Waals surface area contributed by atoms with Crippen molar-refractivity contribution in [2.45, 2.75) is 5.03 Å². The summed E-state index contributed by atoms with van der Waals surface area (Å²) in [5.41, 5.74) is 0.490. The Kier molecular flexibility index (Phi) is 4.00. The first-order valence-electron chi connectivity index (χ1n) is 5.27. The lowest BCUT2D eigenvalue weighted by Gasteiger charge is -2.03. The van der Waals surface area contributed by atoms with Crippen molar-refractivity contribution in [1.82, 2.24) is 5.27 Å². The van der Waals surface area contributed by atoms with Crippen molar-refractivity contribution in [2.75, 3.05) is 11.1 Å². The number of hydrogen-bond donors (Lipinski definition) is 1. The summed E-state index contributed by atoms with van der Waals surface area (Å²) in [6, 6.07) is 5.41. The highest BCUT2D eigenvalue weighted by Crippen LogP contribution is 2.21. The second-order valence-electron chi connectivity index (χ2n) is 3.63. The summed E-state index contributed by atoms with van der Waals surface area (Å²) >= 11 is 1.02. The average Bonchev–Trinajstić information content (AvgIpc) is 2.70. The third-order valence-electron chi connectivity index (χ3n) is 2.18. The normalized spacial score (nSPS) is 10.4. The van der Waals surface area contributed by atoms with Gasteiger partial charge >= 0.3 is 0 Å². The number of aromatic nitrogens is 2. The van der Waals surface area contributed by atoms with E-state index in [9.17, 15) is 14.3 Å². The first kappa shape index (κ1) is 13.3. The third-order valence-corrected chi connectivity index (χ3v) is 3.29. The molecule has 0 unspecified atom stereocenters. The Morgan fingerprint density at radius 2 is 2.21 bits per heavy atom. The van der Waals surface area contributed by atoms with E-state index in [-0.39, 0.29) is 22.5 Å². The summed E-state index contributed by atoms with van der Waals surface area (Å²) in [4.78, 5) is 11.6. The predicted molar refractivity (Wildman–Crippen MR) is 62.9 cm³/mol. The number of rotatable bonds is 4. The maximum absolute atomic E-state index is 12.7. The van der Waals surface area contributed by atoms with Crippen LogP contribution in [0.25, 0.3) is 0 Å². The molecule has 0 aliphatic carbocycles. The van der Waals surface area contributed by atoms with E-state index >= 15 is 0 Å². The Balaban J connectivity index is 1.90. The van der Waals surface area contributed by atoms with Crippen molar-refractivity contribution in [1.29, 1.82) is 0 Å². The van der Waals surface area contributed by atoms with Gasteiger partial charge in [0, 0.05) is 5.69 Å². The van der Waals surface area contributed by atoms with Gasteiger partial charge in [0.05, 0.1) is 11.0 Å². The van der Waals surface area contributed by atoms with Crippen LogP contribution in [0.3, 0.4) is 0 Å². The molecule has 0 bridgehead atoms. The lowest BCUT2D eigenvalue weighted by Crippen LogP contribution is -2.32. The van der Waals surface area contributed by atoms with Crippen LogP contribution in [0.15, 0.2) is 33.8 Å². The number of nitrogens with one attached hydrogen (secondary N) is 1. The predicted octanol–water partition coefficient (Wildman–Crippen LogP) is 0.443. The molecular formula is C11H10FN3O3S. The minimum atomic E-state index is -0.581. The molecule has 0 aliphatic rings. The van der Waals surface area contributed by atoms with Gasteiger partial charge < -0.3 is 14.9 Å². The van der Waals surface area contributed by atoms with Crippen LogP contribution in [0.4, 0.5) is 10.1 Å². The van der Waals surface area contributed by atoms with Gasteiger partial charge in [0.2, 0.25) is 5.91 Å². The van der Waals surface area contributed by atoms with Gasteiger partial charge in [0.25, 0.3) is 5.03 Å². The molecule has 2 rings (SSSR count). The minimum Gasteiger partial charge on any atom is -0.538 e. The third kappa shape index (κ3) is 3.44. The van der Waals surface area contributed by atoms with E-state index in [1.807, 2.05) is 0 Å². The Morgan fingerprint density at radius 1 is 1.53 bits per heavy atom. The molecule has 100 valence electrons. The van der Waals surface area contributed by atoms with E-state index in [2.05, 4.69) is 15.1 Å². The molecule has 0 saturated heterocycles. The summed E-state index contributed by atoms with van der Waals surface area (Å²) in [6.45, 7) is 0. The Labute approximate surface area is 112 Å². The number of benzene rings is 1. The van der Waals surface area contributed by atoms with E-state index in [1.165, 1.54) is 28.9 Å². The highest BCUT2D eigenvalue weighted by Gasteiger charge is 2.15. The lowest BCUT2D eigenvalue weighted by atomic mass is 10.3. The summed E-state index contributed by atoms with van der Waals surface area (Å²) < 4.78 is 18.4. The Hall–Kier alpha value is -2.09. The van der Waals surface area contributed by atoms with Crippen molar-refractivity contribution in [3.8, 4) is 5.95 Å². The fourth-order valence-electron chi connectivity index (χ4n) is 1.32. The van der Waals surface area contributed by atoms with Crippen LogP contribution >= 0.6 is 11.8 Å². The van der Waals surface area contributed by atoms with E-state index < -0.39 is 5.95 Å². The molecule has 19 heavy (non-hydrogen) atoms. The van der Waals surface area contributed by atoms with Crippen molar-refractivity contribution < 1.29 is 23.5 Å². The van der Waals surface area contributed by atoms with Crippen LogP contribution in [0.2, 0.25) is 0 Å². The number of aryl methyl sites for hydroxylation is 1. The SMILES string of the molecule is C[n+]1noc([O-])c1SCC(=O)Nc1ccc(F)cc1. The number of halogens is 1. The fraction of sp³-hybridized carbons (Fsp3) is 0.182. The van der Waals surface area contributed by atoms with Crippen molar-refractivity contribution in [2.24, 2.45) is 7.05 Å². The van der Waals surface area contributed by atoms with Gasteiger partial charge in [-0.1, -0.05) is 4.68 Å². The van der Waals surface area contributed by atoms with E-state index in [4.69, 9.17) is 0 Å². The molecule has 1 aromatic heterocycles. The van der Waals surface area contributed by atoms with Gasteiger partial charge in [-0.05, 0) is 36.0 Å². The molecule has 0 spiro atoms.